The number of aromatic carboxylic acids is 1. The van der Waals surface area contributed by atoms with Gasteiger partial charge in [-0.1, -0.05) is 31.0 Å². The average molecular weight is 525 g/mol. The highest BCUT2D eigenvalue weighted by molar-refractivity contribution is 7.10. The number of aromatic hydroxyl groups is 1. The van der Waals surface area contributed by atoms with E-state index in [2.05, 4.69) is 22.8 Å². The van der Waals surface area contributed by atoms with E-state index in [-0.39, 0.29) is 22.3 Å². The number of carboxylic acids is 1. The number of ether oxygens (including phenoxy) is 2. The first kappa shape index (κ1) is 27.1. The maximum atomic E-state index is 10.3. The van der Waals surface area contributed by atoms with Gasteiger partial charge >= 0.3 is 5.97 Å². The van der Waals surface area contributed by atoms with Crippen molar-refractivity contribution in [2.75, 3.05) is 20.3 Å². The van der Waals surface area contributed by atoms with Crippen LogP contribution in [0.2, 0.25) is 0 Å². The van der Waals surface area contributed by atoms with Gasteiger partial charge in [-0.15, -0.1) is 11.3 Å². The Balaban J connectivity index is 0.000000270. The van der Waals surface area contributed by atoms with E-state index in [4.69, 9.17) is 24.7 Å². The number of hydrogen-bond donors (Lipinski definition) is 3. The highest BCUT2D eigenvalue weighted by Crippen LogP contribution is 2.49. The molecule has 7 nitrogen and oxygen atoms in total. The number of benzene rings is 1. The molecule has 1 aromatic carbocycles. The molecule has 1 aliphatic heterocycles. The minimum absolute atomic E-state index is 0.0671. The van der Waals surface area contributed by atoms with Gasteiger partial charge in [-0.2, -0.15) is 0 Å². The number of hydrogen-bond acceptors (Lipinski definition) is 7. The van der Waals surface area contributed by atoms with Crippen LogP contribution in [0.4, 0.5) is 0 Å². The maximum Gasteiger partial charge on any atom is 0.339 e. The lowest BCUT2D eigenvalue weighted by Gasteiger charge is -2.46. The van der Waals surface area contributed by atoms with Crippen molar-refractivity contribution in [2.24, 2.45) is 0 Å². The monoisotopic (exact) mass is 524 g/mol. The summed E-state index contributed by atoms with van der Waals surface area (Å²) >= 11 is 1.75. The number of phenols is 1. The summed E-state index contributed by atoms with van der Waals surface area (Å²) < 4.78 is 11.8. The number of carbonyl (C=O) groups is 1. The highest BCUT2D eigenvalue weighted by Gasteiger charge is 2.48. The molecule has 5 rings (SSSR count). The number of rotatable bonds is 8. The maximum absolute atomic E-state index is 10.3. The van der Waals surface area contributed by atoms with E-state index in [0.717, 1.165) is 44.7 Å². The van der Waals surface area contributed by atoms with Crippen LogP contribution < -0.4 is 10.1 Å². The zero-order chi connectivity index (χ0) is 26.1. The summed E-state index contributed by atoms with van der Waals surface area (Å²) in [5, 5.41) is 23.0. The van der Waals surface area contributed by atoms with E-state index < -0.39 is 5.97 Å². The molecule has 0 radical (unpaired) electrons. The minimum Gasteiger partial charge on any atom is -0.507 e. The first-order valence-electron chi connectivity index (χ1n) is 12.8. The molecule has 0 amide bonds. The Labute approximate surface area is 222 Å². The largest absolute Gasteiger partial charge is 0.507 e. The molecule has 2 fully saturated rings. The second-order valence-electron chi connectivity index (χ2n) is 9.82. The number of nitrogens with one attached hydrogen (secondary N) is 1. The topological polar surface area (TPSA) is 101 Å². The lowest BCUT2D eigenvalue weighted by atomic mass is 9.68. The van der Waals surface area contributed by atoms with Crippen LogP contribution in [0.5, 0.6) is 11.5 Å². The summed E-state index contributed by atoms with van der Waals surface area (Å²) in [6, 6.07) is 14.2. The van der Waals surface area contributed by atoms with E-state index in [1.54, 1.807) is 30.6 Å². The zero-order valence-corrected chi connectivity index (χ0v) is 22.1. The molecule has 8 heteroatoms. The van der Waals surface area contributed by atoms with Crippen LogP contribution in [0.3, 0.4) is 0 Å². The van der Waals surface area contributed by atoms with Crippen molar-refractivity contribution in [3.05, 3.63) is 76.2 Å². The van der Waals surface area contributed by atoms with E-state index in [0.29, 0.717) is 0 Å². The highest BCUT2D eigenvalue weighted by atomic mass is 32.1. The Hall–Kier alpha value is -2.94. The number of thiophene rings is 1. The van der Waals surface area contributed by atoms with Crippen molar-refractivity contribution >= 4 is 17.3 Å². The van der Waals surface area contributed by atoms with Crippen molar-refractivity contribution in [3.63, 3.8) is 0 Å². The van der Waals surface area contributed by atoms with Crippen LogP contribution in [0.25, 0.3) is 0 Å². The summed E-state index contributed by atoms with van der Waals surface area (Å²) in [4.78, 5) is 16.3. The summed E-state index contributed by atoms with van der Waals surface area (Å²) in [5.41, 5.74) is 1.39. The van der Waals surface area contributed by atoms with Crippen LogP contribution in [0.1, 0.15) is 65.9 Å². The van der Waals surface area contributed by atoms with Gasteiger partial charge in [0.05, 0.1) is 17.6 Å². The summed E-state index contributed by atoms with van der Waals surface area (Å²) in [7, 11) is 1.74. The fourth-order valence-corrected chi connectivity index (χ4v) is 6.43. The minimum atomic E-state index is -1.11. The molecule has 1 aliphatic carbocycles. The molecule has 2 aromatic heterocycles. The molecule has 3 N–H and O–H groups in total. The molecule has 198 valence electrons. The molecule has 3 aromatic rings. The molecule has 1 saturated heterocycles. The second kappa shape index (κ2) is 12.5. The van der Waals surface area contributed by atoms with Crippen molar-refractivity contribution in [1.82, 2.24) is 10.3 Å². The van der Waals surface area contributed by atoms with Gasteiger partial charge in [-0.05, 0) is 74.4 Å². The average Bonchev–Trinajstić information content (AvgIpc) is 3.57. The van der Waals surface area contributed by atoms with Gasteiger partial charge in [0.15, 0.2) is 0 Å². The number of para-hydroxylation sites is 1. The lowest BCUT2D eigenvalue weighted by molar-refractivity contribution is -0.104. The smallest absolute Gasteiger partial charge is 0.339 e. The summed E-state index contributed by atoms with van der Waals surface area (Å²) in [5.74, 6) is -0.323. The van der Waals surface area contributed by atoms with Crippen LogP contribution >= 0.6 is 11.3 Å². The van der Waals surface area contributed by atoms with Gasteiger partial charge in [0, 0.05) is 30.5 Å². The molecular weight excluding hydrogens is 488 g/mol. The van der Waals surface area contributed by atoms with Crippen LogP contribution in [-0.2, 0) is 16.7 Å². The van der Waals surface area contributed by atoms with Gasteiger partial charge in [0.2, 0.25) is 0 Å². The van der Waals surface area contributed by atoms with Crippen molar-refractivity contribution in [1.29, 1.82) is 0 Å². The fourth-order valence-electron chi connectivity index (χ4n) is 5.62. The van der Waals surface area contributed by atoms with Crippen molar-refractivity contribution in [3.8, 4) is 11.5 Å². The number of nitrogens with zero attached hydrogens (tertiary/aromatic N) is 1. The Morgan fingerprint density at radius 1 is 1.14 bits per heavy atom. The molecule has 2 aliphatic rings. The second-order valence-corrected chi connectivity index (χ2v) is 10.8. The Bertz CT molecular complexity index is 1150. The van der Waals surface area contributed by atoms with Gasteiger partial charge in [-0.25, -0.2) is 4.79 Å². The van der Waals surface area contributed by atoms with Crippen molar-refractivity contribution < 1.29 is 24.5 Å². The molecule has 3 heterocycles. The molecule has 0 bridgehead atoms. The Morgan fingerprint density at radius 2 is 1.92 bits per heavy atom. The normalized spacial score (nSPS) is 20.2. The van der Waals surface area contributed by atoms with Crippen LogP contribution in [0, 0.1) is 0 Å². The first-order chi connectivity index (χ1) is 18.0. The van der Waals surface area contributed by atoms with E-state index in [1.807, 2.05) is 18.3 Å². The van der Waals surface area contributed by atoms with E-state index in [1.165, 1.54) is 48.4 Å². The number of pyridine rings is 1. The predicted molar refractivity (Wildman–Crippen MR) is 145 cm³/mol. The SMILES string of the molecule is COc1ccsc1CNCC[C@@]1(c2ccccn2)CCOC2(CCCC2)C1.O=C(O)c1ccccc1O. The lowest BCUT2D eigenvalue weighted by Crippen LogP contribution is -2.47. The zero-order valence-electron chi connectivity index (χ0n) is 21.3. The van der Waals surface area contributed by atoms with E-state index in [9.17, 15) is 4.79 Å². The Kier molecular flexibility index (Phi) is 9.18. The first-order valence-corrected chi connectivity index (χ1v) is 13.7. The molecule has 0 unspecified atom stereocenters. The Morgan fingerprint density at radius 3 is 2.59 bits per heavy atom. The van der Waals surface area contributed by atoms with Gasteiger partial charge < -0.3 is 25.0 Å². The molecule has 37 heavy (non-hydrogen) atoms. The molecular formula is C29H36N2O5S. The van der Waals surface area contributed by atoms with Gasteiger partial charge in [0.25, 0.3) is 0 Å². The van der Waals surface area contributed by atoms with Gasteiger partial charge in [-0.3, -0.25) is 4.98 Å². The third-order valence-corrected chi connectivity index (χ3v) is 8.40. The van der Waals surface area contributed by atoms with Gasteiger partial charge in [0.1, 0.15) is 17.1 Å². The third-order valence-electron chi connectivity index (χ3n) is 7.50. The number of aromatic nitrogens is 1. The number of methoxy groups -OCH3 is 1. The summed E-state index contributed by atoms with van der Waals surface area (Å²) in [6.07, 6.45) is 10.2. The number of carboxylic acid groups (broad SMARTS) is 1. The van der Waals surface area contributed by atoms with Crippen molar-refractivity contribution in [2.45, 2.75) is 62.5 Å². The van der Waals surface area contributed by atoms with Crippen LogP contribution in [-0.4, -0.2) is 47.0 Å². The third kappa shape index (κ3) is 6.69. The van der Waals surface area contributed by atoms with Crippen LogP contribution in [0.15, 0.2) is 60.1 Å². The van der Waals surface area contributed by atoms with E-state index >= 15 is 0 Å². The molecule has 1 spiro atoms. The molecule has 1 saturated carbocycles. The fraction of sp³-hybridized carbons (Fsp3) is 0.448. The summed E-state index contributed by atoms with van der Waals surface area (Å²) in [6.45, 7) is 2.70. The predicted octanol–water partition coefficient (Wildman–Crippen LogP) is 5.78. The standard InChI is InChI=1S/C22H30N2O2S.C7H6O3/c1-25-18-7-15-27-19(18)16-23-13-10-21(20-6-2-5-12-24-20)11-14-26-22(17-21)8-3-4-9-22;8-6-4-2-1-3-5(6)7(9)10/h2,5-7,12,15,23H,3-4,8-11,13-14,16-17H2,1H3;1-4,8H,(H,9,10)/t21-;/m1./s1. The quantitative estimate of drug-likeness (QED) is 0.321. The molecule has 1 atom stereocenters.